The first-order chi connectivity index (χ1) is 6.33. The lowest BCUT2D eigenvalue weighted by Crippen LogP contribution is -2.07. The van der Waals surface area contributed by atoms with Crippen LogP contribution in [0.5, 0.6) is 0 Å². The third kappa shape index (κ3) is 4.02. The lowest BCUT2D eigenvalue weighted by molar-refractivity contribution is 0.205. The second kappa shape index (κ2) is 5.69. The molecule has 0 saturated heterocycles. The minimum absolute atomic E-state index is 0.393. The normalized spacial score (nSPS) is 12.0. The number of aliphatic hydroxyl groups is 1. The minimum Gasteiger partial charge on any atom is -0.391 e. The Balaban J connectivity index is 2.32. The smallest absolute Gasteiger partial charge is 0.0743 e. The van der Waals surface area contributed by atoms with Crippen molar-refractivity contribution in [2.45, 2.75) is 17.4 Å². The zero-order valence-electron chi connectivity index (χ0n) is 7.31. The van der Waals surface area contributed by atoms with Gasteiger partial charge in [-0.2, -0.15) is 0 Å². The SMILES string of the molecule is C#CCC(O)CSc1ccccc1. The maximum atomic E-state index is 9.35. The third-order valence-corrected chi connectivity index (χ3v) is 2.70. The average molecular weight is 192 g/mol. The second-order valence-corrected chi connectivity index (χ2v) is 3.78. The molecular weight excluding hydrogens is 180 g/mol. The molecule has 1 N–H and O–H groups in total. The molecule has 1 unspecified atom stereocenters. The molecule has 1 rings (SSSR count). The Bertz CT molecular complexity index is 276. The van der Waals surface area contributed by atoms with Gasteiger partial charge in [-0.15, -0.1) is 24.1 Å². The summed E-state index contributed by atoms with van der Waals surface area (Å²) in [6.07, 6.45) is 5.12. The summed E-state index contributed by atoms with van der Waals surface area (Å²) in [5.74, 6) is 3.10. The van der Waals surface area contributed by atoms with Crippen molar-refractivity contribution in [1.29, 1.82) is 0 Å². The van der Waals surface area contributed by atoms with Crippen LogP contribution < -0.4 is 0 Å². The van der Waals surface area contributed by atoms with Crippen LogP contribution in [-0.2, 0) is 0 Å². The Morgan fingerprint density at radius 3 is 2.69 bits per heavy atom. The van der Waals surface area contributed by atoms with Crippen LogP contribution in [0.4, 0.5) is 0 Å². The summed E-state index contributed by atoms with van der Waals surface area (Å²) < 4.78 is 0. The molecule has 13 heavy (non-hydrogen) atoms. The van der Waals surface area contributed by atoms with E-state index in [1.54, 1.807) is 11.8 Å². The Kier molecular flexibility index (Phi) is 4.45. The predicted octanol–water partition coefficient (Wildman–Crippen LogP) is 2.16. The molecule has 1 atom stereocenters. The molecule has 1 nitrogen and oxygen atoms in total. The van der Waals surface area contributed by atoms with Crippen molar-refractivity contribution in [2.24, 2.45) is 0 Å². The number of hydrogen-bond donors (Lipinski definition) is 1. The van der Waals surface area contributed by atoms with E-state index in [0.717, 1.165) is 0 Å². The summed E-state index contributed by atoms with van der Waals surface area (Å²) >= 11 is 1.62. The monoisotopic (exact) mass is 192 g/mol. The van der Waals surface area contributed by atoms with Crippen LogP contribution in [0.3, 0.4) is 0 Å². The summed E-state index contributed by atoms with van der Waals surface area (Å²) in [5.41, 5.74) is 0. The van der Waals surface area contributed by atoms with Gasteiger partial charge in [-0.25, -0.2) is 0 Å². The van der Waals surface area contributed by atoms with Crippen molar-refractivity contribution >= 4 is 11.8 Å². The van der Waals surface area contributed by atoms with Gasteiger partial charge in [0.1, 0.15) is 0 Å². The number of hydrogen-bond acceptors (Lipinski definition) is 2. The van der Waals surface area contributed by atoms with E-state index in [0.29, 0.717) is 12.2 Å². The zero-order valence-corrected chi connectivity index (χ0v) is 8.13. The molecule has 0 heterocycles. The fraction of sp³-hybridized carbons (Fsp3) is 0.273. The molecule has 1 aromatic rings. The standard InChI is InChI=1S/C11H12OS/c1-2-6-10(12)9-13-11-7-4-3-5-8-11/h1,3-5,7-8,10,12H,6,9H2. The molecule has 0 amide bonds. The second-order valence-electron chi connectivity index (χ2n) is 2.69. The van der Waals surface area contributed by atoms with Crippen molar-refractivity contribution in [1.82, 2.24) is 0 Å². The Morgan fingerprint density at radius 1 is 1.38 bits per heavy atom. The van der Waals surface area contributed by atoms with E-state index in [2.05, 4.69) is 5.92 Å². The van der Waals surface area contributed by atoms with Crippen molar-refractivity contribution in [2.75, 3.05) is 5.75 Å². The molecule has 0 aliphatic rings. The van der Waals surface area contributed by atoms with Gasteiger partial charge >= 0.3 is 0 Å². The fourth-order valence-corrected chi connectivity index (χ4v) is 1.76. The van der Waals surface area contributed by atoms with E-state index in [4.69, 9.17) is 6.42 Å². The molecule has 68 valence electrons. The molecule has 0 saturated carbocycles. The maximum absolute atomic E-state index is 9.35. The largest absolute Gasteiger partial charge is 0.391 e. The highest BCUT2D eigenvalue weighted by atomic mass is 32.2. The molecule has 0 aromatic heterocycles. The molecule has 0 bridgehead atoms. The van der Waals surface area contributed by atoms with Crippen molar-refractivity contribution < 1.29 is 5.11 Å². The van der Waals surface area contributed by atoms with Crippen molar-refractivity contribution in [3.8, 4) is 12.3 Å². The fourth-order valence-electron chi connectivity index (χ4n) is 0.904. The molecule has 0 radical (unpaired) electrons. The highest BCUT2D eigenvalue weighted by molar-refractivity contribution is 7.99. The Morgan fingerprint density at radius 2 is 2.08 bits per heavy atom. The highest BCUT2D eigenvalue weighted by Crippen LogP contribution is 2.18. The van der Waals surface area contributed by atoms with E-state index < -0.39 is 6.10 Å². The molecular formula is C11H12OS. The Labute approximate surface area is 83.2 Å². The summed E-state index contributed by atoms with van der Waals surface area (Å²) in [4.78, 5) is 1.17. The van der Waals surface area contributed by atoms with Crippen LogP contribution in [0, 0.1) is 12.3 Å². The van der Waals surface area contributed by atoms with Crippen LogP contribution in [0.2, 0.25) is 0 Å². The molecule has 0 fully saturated rings. The van der Waals surface area contributed by atoms with Gasteiger partial charge < -0.3 is 5.11 Å². The van der Waals surface area contributed by atoms with Crippen molar-refractivity contribution in [3.05, 3.63) is 30.3 Å². The van der Waals surface area contributed by atoms with Gasteiger partial charge in [0.2, 0.25) is 0 Å². The first kappa shape index (κ1) is 10.2. The van der Waals surface area contributed by atoms with Gasteiger partial charge in [0, 0.05) is 17.1 Å². The van der Waals surface area contributed by atoms with E-state index in [-0.39, 0.29) is 0 Å². The van der Waals surface area contributed by atoms with Gasteiger partial charge in [-0.3, -0.25) is 0 Å². The van der Waals surface area contributed by atoms with Gasteiger partial charge in [0.25, 0.3) is 0 Å². The van der Waals surface area contributed by atoms with Gasteiger partial charge in [0.05, 0.1) is 6.10 Å². The Hall–Kier alpha value is -0.910. The molecule has 2 heteroatoms. The zero-order chi connectivity index (χ0) is 9.52. The lowest BCUT2D eigenvalue weighted by Gasteiger charge is -2.05. The first-order valence-corrected chi connectivity index (χ1v) is 5.11. The van der Waals surface area contributed by atoms with E-state index in [9.17, 15) is 5.11 Å². The molecule has 1 aromatic carbocycles. The lowest BCUT2D eigenvalue weighted by atomic mass is 10.3. The summed E-state index contributed by atoms with van der Waals surface area (Å²) in [7, 11) is 0. The minimum atomic E-state index is -0.393. The quantitative estimate of drug-likeness (QED) is 0.582. The van der Waals surface area contributed by atoms with E-state index in [1.165, 1.54) is 4.90 Å². The average Bonchev–Trinajstić information content (AvgIpc) is 2.17. The highest BCUT2D eigenvalue weighted by Gasteiger charge is 2.02. The molecule has 0 aliphatic heterocycles. The summed E-state index contributed by atoms with van der Waals surface area (Å²) in [6, 6.07) is 9.98. The number of thioether (sulfide) groups is 1. The number of aliphatic hydroxyl groups excluding tert-OH is 1. The summed E-state index contributed by atoms with van der Waals surface area (Å²) in [5, 5.41) is 9.35. The number of terminal acetylenes is 1. The number of benzene rings is 1. The van der Waals surface area contributed by atoms with Crippen LogP contribution in [0.1, 0.15) is 6.42 Å². The van der Waals surface area contributed by atoms with Crippen LogP contribution in [0.25, 0.3) is 0 Å². The van der Waals surface area contributed by atoms with Gasteiger partial charge in [-0.1, -0.05) is 18.2 Å². The molecule has 0 spiro atoms. The van der Waals surface area contributed by atoms with E-state index in [1.807, 2.05) is 30.3 Å². The van der Waals surface area contributed by atoms with Crippen molar-refractivity contribution in [3.63, 3.8) is 0 Å². The van der Waals surface area contributed by atoms with Gasteiger partial charge in [-0.05, 0) is 12.1 Å². The number of rotatable bonds is 4. The maximum Gasteiger partial charge on any atom is 0.0743 e. The predicted molar refractivity (Wildman–Crippen MR) is 56.6 cm³/mol. The van der Waals surface area contributed by atoms with Crippen LogP contribution in [0.15, 0.2) is 35.2 Å². The van der Waals surface area contributed by atoms with Gasteiger partial charge in [0.15, 0.2) is 0 Å². The topological polar surface area (TPSA) is 20.2 Å². The first-order valence-electron chi connectivity index (χ1n) is 4.12. The third-order valence-electron chi connectivity index (χ3n) is 1.54. The van der Waals surface area contributed by atoms with Crippen LogP contribution >= 0.6 is 11.8 Å². The van der Waals surface area contributed by atoms with Crippen LogP contribution in [-0.4, -0.2) is 17.0 Å². The molecule has 0 aliphatic carbocycles. The van der Waals surface area contributed by atoms with E-state index >= 15 is 0 Å². The summed E-state index contributed by atoms with van der Waals surface area (Å²) in [6.45, 7) is 0.